The average molecular weight is 198 g/mol. The van der Waals surface area contributed by atoms with Gasteiger partial charge in [0.05, 0.1) is 12.2 Å². The molecule has 0 aromatic heterocycles. The van der Waals surface area contributed by atoms with Gasteiger partial charge in [0.1, 0.15) is 0 Å². The molecule has 1 saturated heterocycles. The second-order valence-electron chi connectivity index (χ2n) is 4.57. The summed E-state index contributed by atoms with van der Waals surface area (Å²) in [4.78, 5) is 13.7. The summed E-state index contributed by atoms with van der Waals surface area (Å²) in [7, 11) is 0. The minimum absolute atomic E-state index is 0.00491. The van der Waals surface area contributed by atoms with Crippen molar-refractivity contribution < 1.29 is 4.79 Å². The summed E-state index contributed by atoms with van der Waals surface area (Å²) < 4.78 is 0. The van der Waals surface area contributed by atoms with Gasteiger partial charge in [-0.15, -0.1) is 0 Å². The molecule has 3 nitrogen and oxygen atoms in total. The summed E-state index contributed by atoms with van der Waals surface area (Å²) in [6, 6.07) is 0.00491. The van der Waals surface area contributed by atoms with E-state index in [0.717, 1.165) is 19.4 Å². The number of amides is 1. The first-order chi connectivity index (χ1) is 6.56. The van der Waals surface area contributed by atoms with Crippen molar-refractivity contribution in [1.82, 2.24) is 10.2 Å². The summed E-state index contributed by atoms with van der Waals surface area (Å²) in [6.45, 7) is 9.33. The number of carbonyl (C=O) groups is 1. The highest BCUT2D eigenvalue weighted by Crippen LogP contribution is 2.17. The van der Waals surface area contributed by atoms with Crippen LogP contribution in [-0.2, 0) is 4.79 Å². The summed E-state index contributed by atoms with van der Waals surface area (Å²) in [5, 5.41) is 3.35. The summed E-state index contributed by atoms with van der Waals surface area (Å²) >= 11 is 0. The predicted octanol–water partition coefficient (Wildman–Crippen LogP) is 1.59. The van der Waals surface area contributed by atoms with Crippen molar-refractivity contribution in [2.24, 2.45) is 5.92 Å². The van der Waals surface area contributed by atoms with Crippen LogP contribution in [0.4, 0.5) is 0 Å². The fourth-order valence-electron chi connectivity index (χ4n) is 2.00. The summed E-state index contributed by atoms with van der Waals surface area (Å²) in [5.74, 6) is 0.891. The molecule has 0 aliphatic carbocycles. The highest BCUT2D eigenvalue weighted by Gasteiger charge is 2.35. The van der Waals surface area contributed by atoms with Gasteiger partial charge in [-0.2, -0.15) is 0 Å². The maximum Gasteiger partial charge on any atom is 0.240 e. The van der Waals surface area contributed by atoms with E-state index in [0.29, 0.717) is 5.92 Å². The van der Waals surface area contributed by atoms with Gasteiger partial charge in [0.15, 0.2) is 0 Å². The molecule has 14 heavy (non-hydrogen) atoms. The zero-order chi connectivity index (χ0) is 10.7. The second-order valence-corrected chi connectivity index (χ2v) is 4.57. The Bertz CT molecular complexity index is 203. The van der Waals surface area contributed by atoms with E-state index in [1.54, 1.807) is 0 Å². The minimum Gasteiger partial charge on any atom is -0.326 e. The molecule has 0 bridgehead atoms. The monoisotopic (exact) mass is 198 g/mol. The van der Waals surface area contributed by atoms with Gasteiger partial charge in [-0.1, -0.05) is 20.8 Å². The molecule has 1 N–H and O–H groups in total. The lowest BCUT2D eigenvalue weighted by Gasteiger charge is -2.25. The van der Waals surface area contributed by atoms with Crippen molar-refractivity contribution in [3.05, 3.63) is 0 Å². The first kappa shape index (κ1) is 11.5. The smallest absolute Gasteiger partial charge is 0.240 e. The normalized spacial score (nSPS) is 27.8. The molecule has 1 heterocycles. The van der Waals surface area contributed by atoms with Gasteiger partial charge >= 0.3 is 0 Å². The topological polar surface area (TPSA) is 32.3 Å². The quantitative estimate of drug-likeness (QED) is 0.744. The Kier molecular flexibility index (Phi) is 3.93. The van der Waals surface area contributed by atoms with Crippen molar-refractivity contribution >= 4 is 5.91 Å². The fraction of sp³-hybridized carbons (Fsp3) is 0.909. The molecule has 2 atom stereocenters. The molecule has 3 heteroatoms. The summed E-state index contributed by atoms with van der Waals surface area (Å²) in [5.41, 5.74) is 0. The Morgan fingerprint density at radius 1 is 1.50 bits per heavy atom. The van der Waals surface area contributed by atoms with Gasteiger partial charge < -0.3 is 4.90 Å². The molecule has 0 radical (unpaired) electrons. The largest absolute Gasteiger partial charge is 0.326 e. The zero-order valence-electron chi connectivity index (χ0n) is 9.71. The number of carbonyl (C=O) groups excluding carboxylic acids is 1. The first-order valence-corrected chi connectivity index (χ1v) is 5.62. The number of nitrogens with zero attached hydrogens (tertiary/aromatic N) is 1. The lowest BCUT2D eigenvalue weighted by molar-refractivity contribution is -0.129. The van der Waals surface area contributed by atoms with Crippen LogP contribution < -0.4 is 5.32 Å². The molecule has 0 aromatic rings. The third kappa shape index (κ3) is 2.47. The Labute approximate surface area is 86.9 Å². The van der Waals surface area contributed by atoms with E-state index < -0.39 is 0 Å². The van der Waals surface area contributed by atoms with Gasteiger partial charge in [0.2, 0.25) is 5.91 Å². The van der Waals surface area contributed by atoms with Gasteiger partial charge in [-0.3, -0.25) is 10.1 Å². The highest BCUT2D eigenvalue weighted by molar-refractivity contribution is 5.83. The Hall–Kier alpha value is -0.570. The van der Waals surface area contributed by atoms with Gasteiger partial charge in [-0.05, 0) is 25.7 Å². The number of nitrogens with one attached hydrogen (secondary N) is 1. The van der Waals surface area contributed by atoms with E-state index >= 15 is 0 Å². The molecule has 0 saturated carbocycles. The lowest BCUT2D eigenvalue weighted by Crippen LogP contribution is -2.38. The molecule has 0 aromatic carbocycles. The number of hydrogen-bond acceptors (Lipinski definition) is 2. The predicted molar refractivity (Wildman–Crippen MR) is 57.8 cm³/mol. The van der Waals surface area contributed by atoms with Crippen LogP contribution in [0.2, 0.25) is 0 Å². The average Bonchev–Trinajstić information content (AvgIpc) is 2.32. The standard InChI is InChI=1S/C11H22N2O/c1-5-6-13-10(7-8(2)3)12-9(4)11(13)14/h8-10,12H,5-7H2,1-4H3. The highest BCUT2D eigenvalue weighted by atomic mass is 16.2. The van der Waals surface area contributed by atoms with E-state index in [1.807, 2.05) is 11.8 Å². The van der Waals surface area contributed by atoms with Crippen molar-refractivity contribution in [2.45, 2.75) is 52.7 Å². The first-order valence-electron chi connectivity index (χ1n) is 5.62. The van der Waals surface area contributed by atoms with Crippen molar-refractivity contribution in [3.8, 4) is 0 Å². The van der Waals surface area contributed by atoms with E-state index in [4.69, 9.17) is 0 Å². The van der Waals surface area contributed by atoms with Crippen LogP contribution in [-0.4, -0.2) is 29.6 Å². The third-order valence-electron chi connectivity index (χ3n) is 2.63. The van der Waals surface area contributed by atoms with Crippen LogP contribution in [0.3, 0.4) is 0 Å². The molecule has 1 fully saturated rings. The van der Waals surface area contributed by atoms with Crippen molar-refractivity contribution in [2.75, 3.05) is 6.54 Å². The molecule has 0 spiro atoms. The Morgan fingerprint density at radius 3 is 2.64 bits per heavy atom. The second kappa shape index (κ2) is 4.78. The Balaban J connectivity index is 2.60. The van der Waals surface area contributed by atoms with Crippen LogP contribution in [0.1, 0.15) is 40.5 Å². The number of rotatable bonds is 4. The minimum atomic E-state index is 0.00491. The third-order valence-corrected chi connectivity index (χ3v) is 2.63. The molecule has 2 unspecified atom stereocenters. The van der Waals surface area contributed by atoms with E-state index in [-0.39, 0.29) is 18.1 Å². The van der Waals surface area contributed by atoms with Gasteiger partial charge in [0, 0.05) is 6.54 Å². The molecular weight excluding hydrogens is 176 g/mol. The fourth-order valence-corrected chi connectivity index (χ4v) is 2.00. The lowest BCUT2D eigenvalue weighted by atomic mass is 10.1. The SMILES string of the molecule is CCCN1C(=O)C(C)NC1CC(C)C. The maximum absolute atomic E-state index is 11.8. The van der Waals surface area contributed by atoms with Crippen LogP contribution in [0.5, 0.6) is 0 Å². The maximum atomic E-state index is 11.8. The van der Waals surface area contributed by atoms with E-state index in [9.17, 15) is 4.79 Å². The van der Waals surface area contributed by atoms with Crippen molar-refractivity contribution in [1.29, 1.82) is 0 Å². The summed E-state index contributed by atoms with van der Waals surface area (Å²) in [6.07, 6.45) is 2.35. The molecule has 1 aliphatic heterocycles. The van der Waals surface area contributed by atoms with Crippen LogP contribution in [0, 0.1) is 5.92 Å². The van der Waals surface area contributed by atoms with Crippen LogP contribution in [0.15, 0.2) is 0 Å². The van der Waals surface area contributed by atoms with Gasteiger partial charge in [0.25, 0.3) is 0 Å². The molecule has 1 aliphatic rings. The number of hydrogen-bond donors (Lipinski definition) is 1. The molecule has 1 amide bonds. The Morgan fingerprint density at radius 2 is 2.14 bits per heavy atom. The molecule has 1 rings (SSSR count). The van der Waals surface area contributed by atoms with E-state index in [2.05, 4.69) is 26.1 Å². The van der Waals surface area contributed by atoms with Crippen LogP contribution in [0.25, 0.3) is 0 Å². The van der Waals surface area contributed by atoms with Crippen LogP contribution >= 0.6 is 0 Å². The molecule has 82 valence electrons. The van der Waals surface area contributed by atoms with E-state index in [1.165, 1.54) is 0 Å². The molecular formula is C11H22N2O. The zero-order valence-corrected chi connectivity index (χ0v) is 9.71. The van der Waals surface area contributed by atoms with Gasteiger partial charge in [-0.25, -0.2) is 0 Å². The van der Waals surface area contributed by atoms with Crippen molar-refractivity contribution in [3.63, 3.8) is 0 Å².